The topological polar surface area (TPSA) is 79.6 Å². The molecule has 7 nitrogen and oxygen atoms in total. The van der Waals surface area contributed by atoms with Crippen LogP contribution < -0.4 is 4.90 Å². The number of nitrogens with zero attached hydrogens (tertiary/aromatic N) is 4. The van der Waals surface area contributed by atoms with Gasteiger partial charge in [-0.25, -0.2) is 9.37 Å². The summed E-state index contributed by atoms with van der Waals surface area (Å²) in [5.41, 5.74) is 0.281. The average molecular weight is 344 g/mol. The van der Waals surface area contributed by atoms with E-state index in [0.29, 0.717) is 37.6 Å². The van der Waals surface area contributed by atoms with E-state index in [-0.39, 0.29) is 11.6 Å². The van der Waals surface area contributed by atoms with Gasteiger partial charge in [-0.2, -0.15) is 0 Å². The molecule has 130 valence electrons. The first-order chi connectivity index (χ1) is 12.0. The second-order valence-corrected chi connectivity index (χ2v) is 5.77. The van der Waals surface area contributed by atoms with Crippen LogP contribution in [0.2, 0.25) is 0 Å². The van der Waals surface area contributed by atoms with Crippen LogP contribution in [0.4, 0.5) is 15.9 Å². The third-order valence-electron chi connectivity index (χ3n) is 4.12. The zero-order valence-corrected chi connectivity index (χ0v) is 13.5. The van der Waals surface area contributed by atoms with E-state index < -0.39 is 10.7 Å². The molecule has 0 spiro atoms. The number of rotatable bonds is 3. The van der Waals surface area contributed by atoms with Gasteiger partial charge in [0, 0.05) is 37.8 Å². The molecule has 2 aromatic rings. The number of hydrogen-bond donors (Lipinski definition) is 0. The molecule has 0 bridgehead atoms. The number of aromatic nitrogens is 1. The lowest BCUT2D eigenvalue weighted by Gasteiger charge is -2.22. The molecule has 1 saturated heterocycles. The number of halogens is 1. The largest absolute Gasteiger partial charge is 0.355 e. The maximum absolute atomic E-state index is 13.3. The minimum absolute atomic E-state index is 0.0542. The van der Waals surface area contributed by atoms with Gasteiger partial charge in [-0.3, -0.25) is 14.9 Å². The zero-order valence-electron chi connectivity index (χ0n) is 13.5. The first-order valence-corrected chi connectivity index (χ1v) is 7.95. The van der Waals surface area contributed by atoms with Crippen LogP contribution in [0.1, 0.15) is 16.8 Å². The van der Waals surface area contributed by atoms with E-state index in [1.165, 1.54) is 30.5 Å². The summed E-state index contributed by atoms with van der Waals surface area (Å²) in [6, 6.07) is 8.70. The zero-order chi connectivity index (χ0) is 17.8. The molecule has 0 N–H and O–H groups in total. The summed E-state index contributed by atoms with van der Waals surface area (Å²) >= 11 is 0. The van der Waals surface area contributed by atoms with Crippen LogP contribution in [0.25, 0.3) is 0 Å². The van der Waals surface area contributed by atoms with Crippen LogP contribution >= 0.6 is 0 Å². The van der Waals surface area contributed by atoms with Crippen molar-refractivity contribution in [2.24, 2.45) is 0 Å². The molecule has 1 fully saturated rings. The molecule has 3 rings (SSSR count). The SMILES string of the molecule is O=C(c1cccc(F)c1)N1CCCN(c2ccc([N+](=O)[O-])cn2)CC1. The number of anilines is 1. The Bertz CT molecular complexity index is 782. The van der Waals surface area contributed by atoms with Crippen LogP contribution in [0.3, 0.4) is 0 Å². The maximum Gasteiger partial charge on any atom is 0.287 e. The first kappa shape index (κ1) is 16.8. The molecule has 0 unspecified atom stereocenters. The molecule has 8 heteroatoms. The number of nitro groups is 1. The number of amides is 1. The van der Waals surface area contributed by atoms with Crippen LogP contribution in [0, 0.1) is 15.9 Å². The molecule has 2 heterocycles. The van der Waals surface area contributed by atoms with Crippen molar-refractivity contribution in [3.8, 4) is 0 Å². The fourth-order valence-electron chi connectivity index (χ4n) is 2.83. The Labute approximate surface area is 143 Å². The summed E-state index contributed by atoms with van der Waals surface area (Å²) in [5, 5.41) is 10.7. The smallest absolute Gasteiger partial charge is 0.287 e. The Kier molecular flexibility index (Phi) is 4.87. The molecule has 0 radical (unpaired) electrons. The molecule has 1 aliphatic heterocycles. The summed E-state index contributed by atoms with van der Waals surface area (Å²) in [6.07, 6.45) is 1.97. The highest BCUT2D eigenvalue weighted by Gasteiger charge is 2.21. The molecule has 25 heavy (non-hydrogen) atoms. The fraction of sp³-hybridized carbons (Fsp3) is 0.294. The van der Waals surface area contributed by atoms with Gasteiger partial charge in [0.05, 0.1) is 4.92 Å². The number of hydrogen-bond acceptors (Lipinski definition) is 5. The Morgan fingerprint density at radius 2 is 2.00 bits per heavy atom. The number of pyridine rings is 1. The van der Waals surface area contributed by atoms with Crippen molar-refractivity contribution in [3.05, 3.63) is 64.1 Å². The Morgan fingerprint density at radius 3 is 2.68 bits per heavy atom. The summed E-state index contributed by atoms with van der Waals surface area (Å²) in [4.78, 5) is 30.6. The molecule has 1 aromatic heterocycles. The molecule has 0 aliphatic carbocycles. The number of benzene rings is 1. The standard InChI is InChI=1S/C17H17FN4O3/c18-14-4-1-3-13(11-14)17(23)21-8-2-7-20(9-10-21)16-6-5-15(12-19-16)22(24)25/h1,3-6,11-12H,2,7-10H2. The minimum Gasteiger partial charge on any atom is -0.355 e. The quantitative estimate of drug-likeness (QED) is 0.631. The molecule has 0 saturated carbocycles. The van der Waals surface area contributed by atoms with E-state index in [1.54, 1.807) is 17.0 Å². The lowest BCUT2D eigenvalue weighted by atomic mass is 10.2. The van der Waals surface area contributed by atoms with Gasteiger partial charge < -0.3 is 9.80 Å². The van der Waals surface area contributed by atoms with Gasteiger partial charge in [0.25, 0.3) is 11.6 Å². The van der Waals surface area contributed by atoms with Crippen molar-refractivity contribution in [3.63, 3.8) is 0 Å². The molecule has 1 aromatic carbocycles. The van der Waals surface area contributed by atoms with Crippen molar-refractivity contribution in [1.29, 1.82) is 0 Å². The monoisotopic (exact) mass is 344 g/mol. The van der Waals surface area contributed by atoms with Crippen molar-refractivity contribution < 1.29 is 14.1 Å². The van der Waals surface area contributed by atoms with E-state index in [2.05, 4.69) is 4.98 Å². The minimum atomic E-state index is -0.488. The lowest BCUT2D eigenvalue weighted by molar-refractivity contribution is -0.385. The second-order valence-electron chi connectivity index (χ2n) is 5.77. The van der Waals surface area contributed by atoms with Gasteiger partial charge in [-0.1, -0.05) is 6.07 Å². The maximum atomic E-state index is 13.3. The van der Waals surface area contributed by atoms with Crippen LogP contribution in [0.5, 0.6) is 0 Å². The number of carbonyl (C=O) groups is 1. The first-order valence-electron chi connectivity index (χ1n) is 7.95. The van der Waals surface area contributed by atoms with Crippen molar-refractivity contribution in [1.82, 2.24) is 9.88 Å². The van der Waals surface area contributed by atoms with E-state index in [9.17, 15) is 19.3 Å². The Balaban J connectivity index is 1.67. The van der Waals surface area contributed by atoms with Crippen LogP contribution in [-0.4, -0.2) is 46.9 Å². The van der Waals surface area contributed by atoms with E-state index in [4.69, 9.17) is 0 Å². The van der Waals surface area contributed by atoms with E-state index >= 15 is 0 Å². The highest BCUT2D eigenvalue weighted by atomic mass is 19.1. The van der Waals surface area contributed by atoms with Crippen molar-refractivity contribution in [2.45, 2.75) is 6.42 Å². The van der Waals surface area contributed by atoms with Gasteiger partial charge in [-0.15, -0.1) is 0 Å². The third-order valence-corrected chi connectivity index (χ3v) is 4.12. The summed E-state index contributed by atoms with van der Waals surface area (Å²) in [5.74, 6) is 0.0149. The van der Waals surface area contributed by atoms with E-state index in [0.717, 1.165) is 6.42 Å². The van der Waals surface area contributed by atoms with Gasteiger partial charge in [0.2, 0.25) is 0 Å². The van der Waals surface area contributed by atoms with Crippen LogP contribution in [-0.2, 0) is 0 Å². The predicted octanol–water partition coefficient (Wildman–Crippen LogP) is 2.48. The van der Waals surface area contributed by atoms with Gasteiger partial charge in [0.1, 0.15) is 17.8 Å². The highest BCUT2D eigenvalue weighted by molar-refractivity contribution is 5.94. The van der Waals surface area contributed by atoms with E-state index in [1.807, 2.05) is 4.90 Å². The Morgan fingerprint density at radius 1 is 1.16 bits per heavy atom. The molecule has 1 amide bonds. The molecule has 0 atom stereocenters. The van der Waals surface area contributed by atoms with Gasteiger partial charge >= 0.3 is 0 Å². The van der Waals surface area contributed by atoms with Crippen molar-refractivity contribution in [2.75, 3.05) is 31.1 Å². The normalized spacial score (nSPS) is 14.9. The average Bonchev–Trinajstić information content (AvgIpc) is 2.87. The van der Waals surface area contributed by atoms with Crippen LogP contribution in [0.15, 0.2) is 42.6 Å². The summed E-state index contributed by atoms with van der Waals surface area (Å²) in [7, 11) is 0. The third kappa shape index (κ3) is 3.90. The summed E-state index contributed by atoms with van der Waals surface area (Å²) < 4.78 is 13.3. The molecule has 1 aliphatic rings. The molecular formula is C17H17FN4O3. The van der Waals surface area contributed by atoms with Crippen molar-refractivity contribution >= 4 is 17.4 Å². The summed E-state index contributed by atoms with van der Waals surface area (Å²) in [6.45, 7) is 2.30. The Hall–Kier alpha value is -3.03. The fourth-order valence-corrected chi connectivity index (χ4v) is 2.83. The highest BCUT2D eigenvalue weighted by Crippen LogP contribution is 2.18. The second kappa shape index (κ2) is 7.25. The predicted molar refractivity (Wildman–Crippen MR) is 90.0 cm³/mol. The molecular weight excluding hydrogens is 327 g/mol. The lowest BCUT2D eigenvalue weighted by Crippen LogP contribution is -2.35. The number of carbonyl (C=O) groups excluding carboxylic acids is 1. The van der Waals surface area contributed by atoms with Gasteiger partial charge in [-0.05, 0) is 30.7 Å². The van der Waals surface area contributed by atoms with Gasteiger partial charge in [0.15, 0.2) is 0 Å².